The lowest BCUT2D eigenvalue weighted by atomic mass is 10.0. The van der Waals surface area contributed by atoms with E-state index >= 15 is 0 Å². The van der Waals surface area contributed by atoms with Crippen LogP contribution in [0, 0.1) is 23.7 Å². The van der Waals surface area contributed by atoms with Gasteiger partial charge in [0, 0.05) is 69.0 Å². The number of piperidine rings is 2. The SMILES string of the molecule is Nc1ncnc2c1c(-c1ccc(Oc3ccccc3)cc1)nn2C1CCN(C2C[C@@H]3CN(C4C[C@@H]5CN(c6ccc7c(c6)C(=O)N(C6CCC(=O)NC6=O)C7=O)C[C@@H]5C4)C[C@@H]3C2)CC1.O=C(O)C(F)(F)F. The van der Waals surface area contributed by atoms with Gasteiger partial charge in [0.1, 0.15) is 35.4 Å². The molecule has 12 rings (SSSR count). The number of anilines is 2. The highest BCUT2D eigenvalue weighted by atomic mass is 19.4. The van der Waals surface area contributed by atoms with Crippen LogP contribution in [0.4, 0.5) is 24.7 Å². The lowest BCUT2D eigenvalue weighted by Crippen LogP contribution is -2.54. The second kappa shape index (κ2) is 18.4. The van der Waals surface area contributed by atoms with Crippen molar-refractivity contribution in [2.45, 2.75) is 81.7 Å². The lowest BCUT2D eigenvalue weighted by molar-refractivity contribution is -0.192. The van der Waals surface area contributed by atoms with Crippen LogP contribution in [0.5, 0.6) is 11.5 Å². The summed E-state index contributed by atoms with van der Waals surface area (Å²) in [4.78, 5) is 77.9. The fraction of sp³-hybridized carbons (Fsp3) is 0.451. The van der Waals surface area contributed by atoms with Crippen molar-refractivity contribution < 1.29 is 47.0 Å². The van der Waals surface area contributed by atoms with Crippen LogP contribution in [0.25, 0.3) is 22.3 Å². The van der Waals surface area contributed by atoms with Crippen LogP contribution >= 0.6 is 0 Å². The third-order valence-electron chi connectivity index (χ3n) is 16.0. The van der Waals surface area contributed by atoms with Gasteiger partial charge in [0.25, 0.3) is 11.8 Å². The molecule has 3 aromatic carbocycles. The monoisotopic (exact) mass is 974 g/mol. The molecule has 2 saturated carbocycles. The van der Waals surface area contributed by atoms with E-state index in [1.54, 1.807) is 12.4 Å². The van der Waals surface area contributed by atoms with Gasteiger partial charge in [-0.05, 0) is 123 Å². The third kappa shape index (κ3) is 8.85. The summed E-state index contributed by atoms with van der Waals surface area (Å²) < 4.78 is 39.9. The van der Waals surface area contributed by atoms with Crippen molar-refractivity contribution in [1.82, 2.24) is 39.8 Å². The molecule has 4 N–H and O–H groups in total. The maximum Gasteiger partial charge on any atom is 0.490 e. The number of carbonyl (C=O) groups is 5. The Morgan fingerprint density at radius 1 is 0.732 bits per heavy atom. The number of likely N-dealkylation sites (tertiary alicyclic amines) is 2. The van der Waals surface area contributed by atoms with Gasteiger partial charge < -0.3 is 25.4 Å². The molecular formula is C51H53F3N10O7. The lowest BCUT2D eigenvalue weighted by Gasteiger charge is -2.37. The number of hydrogen-bond donors (Lipinski definition) is 3. The van der Waals surface area contributed by atoms with Crippen molar-refractivity contribution >= 4 is 52.1 Å². The molecule has 4 saturated heterocycles. The number of carboxylic acid groups (broad SMARTS) is 1. The molecule has 71 heavy (non-hydrogen) atoms. The fourth-order valence-electron chi connectivity index (χ4n) is 12.6. The molecule has 4 amide bonds. The molecule has 370 valence electrons. The molecule has 5 aliphatic heterocycles. The molecule has 7 atom stereocenters. The molecule has 2 aromatic heterocycles. The number of aliphatic carboxylic acids is 1. The Labute approximate surface area is 406 Å². The number of imide groups is 2. The van der Waals surface area contributed by atoms with Crippen LogP contribution in [0.2, 0.25) is 0 Å². The largest absolute Gasteiger partial charge is 0.490 e. The first-order valence-corrected chi connectivity index (χ1v) is 24.4. The second-order valence-electron chi connectivity index (χ2n) is 20.1. The molecule has 0 bridgehead atoms. The number of ether oxygens (including phenoxy) is 1. The van der Waals surface area contributed by atoms with Gasteiger partial charge in [-0.1, -0.05) is 18.2 Å². The van der Waals surface area contributed by atoms with Gasteiger partial charge in [-0.2, -0.15) is 18.3 Å². The Balaban J connectivity index is 0.000000730. The number of fused-ring (bicyclic) bond motifs is 4. The van der Waals surface area contributed by atoms with E-state index in [4.69, 9.17) is 30.5 Å². The molecule has 3 unspecified atom stereocenters. The smallest absolute Gasteiger partial charge is 0.475 e. The van der Waals surface area contributed by atoms with E-state index in [9.17, 15) is 32.3 Å². The number of carbonyl (C=O) groups excluding carboxylic acids is 4. The van der Waals surface area contributed by atoms with Crippen LogP contribution in [0.3, 0.4) is 0 Å². The van der Waals surface area contributed by atoms with Gasteiger partial charge in [-0.15, -0.1) is 0 Å². The minimum absolute atomic E-state index is 0.109. The van der Waals surface area contributed by atoms with Gasteiger partial charge >= 0.3 is 12.1 Å². The molecule has 20 heteroatoms. The zero-order chi connectivity index (χ0) is 49.3. The predicted molar refractivity (Wildman–Crippen MR) is 252 cm³/mol. The van der Waals surface area contributed by atoms with E-state index < -0.39 is 35.9 Å². The van der Waals surface area contributed by atoms with E-state index in [1.807, 2.05) is 66.7 Å². The Morgan fingerprint density at radius 3 is 1.97 bits per heavy atom. The first-order valence-electron chi connectivity index (χ1n) is 24.4. The van der Waals surface area contributed by atoms with Crippen molar-refractivity contribution in [2.24, 2.45) is 23.7 Å². The highest BCUT2D eigenvalue weighted by Gasteiger charge is 2.50. The average molecular weight is 975 g/mol. The summed E-state index contributed by atoms with van der Waals surface area (Å²) in [5.74, 6) is 0.0938. The summed E-state index contributed by atoms with van der Waals surface area (Å²) >= 11 is 0. The number of nitrogens with one attached hydrogen (secondary N) is 1. The number of para-hydroxylation sites is 1. The molecule has 2 aliphatic carbocycles. The van der Waals surface area contributed by atoms with Crippen molar-refractivity contribution in [3.05, 3.63) is 90.3 Å². The zero-order valence-corrected chi connectivity index (χ0v) is 38.7. The summed E-state index contributed by atoms with van der Waals surface area (Å²) in [7, 11) is 0. The molecule has 0 spiro atoms. The Hall–Kier alpha value is -6.93. The number of nitrogens with zero attached hydrogens (tertiary/aromatic N) is 8. The fourth-order valence-corrected chi connectivity index (χ4v) is 12.6. The van der Waals surface area contributed by atoms with Crippen LogP contribution in [0.15, 0.2) is 79.1 Å². The number of amides is 4. The van der Waals surface area contributed by atoms with Gasteiger partial charge in [0.2, 0.25) is 11.8 Å². The van der Waals surface area contributed by atoms with Crippen LogP contribution < -0.4 is 20.7 Å². The van der Waals surface area contributed by atoms with Crippen molar-refractivity contribution in [3.8, 4) is 22.8 Å². The normalized spacial score (nSPS) is 26.9. The van der Waals surface area contributed by atoms with E-state index in [2.05, 4.69) is 29.7 Å². The number of nitrogen functional groups attached to an aromatic ring is 1. The van der Waals surface area contributed by atoms with Gasteiger partial charge in [0.15, 0.2) is 5.65 Å². The van der Waals surface area contributed by atoms with Crippen LogP contribution in [0.1, 0.15) is 78.1 Å². The Bertz CT molecular complexity index is 2880. The van der Waals surface area contributed by atoms with E-state index in [-0.39, 0.29) is 24.8 Å². The second-order valence-corrected chi connectivity index (χ2v) is 20.1. The summed E-state index contributed by atoms with van der Waals surface area (Å²) in [6, 6.07) is 23.8. The molecule has 6 fully saturated rings. The number of halogens is 3. The number of hydrogen-bond acceptors (Lipinski definition) is 13. The van der Waals surface area contributed by atoms with Crippen molar-refractivity contribution in [3.63, 3.8) is 0 Å². The molecule has 17 nitrogen and oxygen atoms in total. The topological polar surface area (TPSA) is 209 Å². The third-order valence-corrected chi connectivity index (χ3v) is 16.0. The number of benzene rings is 3. The number of aromatic nitrogens is 4. The Kier molecular flexibility index (Phi) is 12.0. The minimum atomic E-state index is -5.08. The van der Waals surface area contributed by atoms with Crippen molar-refractivity contribution in [2.75, 3.05) is 49.9 Å². The van der Waals surface area contributed by atoms with Crippen LogP contribution in [-0.4, -0.2) is 133 Å². The highest BCUT2D eigenvalue weighted by Crippen LogP contribution is 2.48. The van der Waals surface area contributed by atoms with Gasteiger partial charge in [-0.3, -0.25) is 34.3 Å². The first kappa shape index (κ1) is 46.5. The average Bonchev–Trinajstić information content (AvgIpc) is 4.21. The maximum atomic E-state index is 13.5. The van der Waals surface area contributed by atoms with Crippen molar-refractivity contribution in [1.29, 1.82) is 0 Å². The summed E-state index contributed by atoms with van der Waals surface area (Å²) in [5.41, 5.74) is 10.7. The molecule has 7 aliphatic rings. The standard InChI is InChI=1S/C49H52N10O5.C2HF3O2/c50-45-43-44(28-6-9-38(10-7-28)64-37-4-2-1-3-5-37)54-59(46(43)52-27-51-45)33-14-16-55(17-15-33)35-18-29-25-57(26-30(29)19-35)36-20-31-23-56(24-32(31)21-36)34-8-11-39-40(22-34)49(63)58(48(39)62)41-12-13-42(60)53-47(41)61;3-2(4,5)1(6)7/h1-11,22,27,29-33,35-36,41H,12-21,23-26H2,(H2,50,51,52)(H,53,60,61);(H,6,7)/t29-,30+,31-,32+,35?,36?,41?;. The zero-order valence-electron chi connectivity index (χ0n) is 38.7. The molecule has 7 heterocycles. The number of alkyl halides is 3. The van der Waals surface area contributed by atoms with Crippen LogP contribution in [-0.2, 0) is 14.4 Å². The molecule has 5 aromatic rings. The Morgan fingerprint density at radius 2 is 1.34 bits per heavy atom. The minimum Gasteiger partial charge on any atom is -0.475 e. The van der Waals surface area contributed by atoms with E-state index in [0.29, 0.717) is 40.9 Å². The van der Waals surface area contributed by atoms with Gasteiger partial charge in [-0.25, -0.2) is 19.4 Å². The maximum absolute atomic E-state index is 13.5. The predicted octanol–water partition coefficient (Wildman–Crippen LogP) is 6.16. The number of nitrogens with two attached hydrogens (primary N) is 1. The summed E-state index contributed by atoms with van der Waals surface area (Å²) in [6.45, 7) is 6.42. The summed E-state index contributed by atoms with van der Waals surface area (Å²) in [6.07, 6.45) is 3.74. The highest BCUT2D eigenvalue weighted by molar-refractivity contribution is 6.23. The number of carboxylic acids is 1. The quantitative estimate of drug-likeness (QED) is 0.149. The molecular weight excluding hydrogens is 922 g/mol. The van der Waals surface area contributed by atoms with Gasteiger partial charge in [0.05, 0.1) is 22.6 Å². The summed E-state index contributed by atoms with van der Waals surface area (Å²) in [5, 5.41) is 15.4. The van der Waals surface area contributed by atoms with E-state index in [1.165, 1.54) is 38.8 Å². The first-order chi connectivity index (χ1) is 34.2. The van der Waals surface area contributed by atoms with E-state index in [0.717, 1.165) is 95.2 Å². The molecule has 0 radical (unpaired) electrons. The number of rotatable bonds is 8.